The third-order valence-electron chi connectivity index (χ3n) is 2.74. The molecule has 0 radical (unpaired) electrons. The van der Waals surface area contributed by atoms with Gasteiger partial charge in [0.05, 0.1) is 12.0 Å². The number of nitro groups is 1. The molecule has 0 spiro atoms. The molecule has 0 aliphatic heterocycles. The number of halogens is 2. The molecule has 0 atom stereocenters. The van der Waals surface area contributed by atoms with Crippen LogP contribution in [0, 0.1) is 10.1 Å². The van der Waals surface area contributed by atoms with Crippen LogP contribution in [0.15, 0.2) is 40.9 Å². The molecule has 0 amide bonds. The van der Waals surface area contributed by atoms with E-state index in [1.165, 1.54) is 18.2 Å². The van der Waals surface area contributed by atoms with Gasteiger partial charge in [0.1, 0.15) is 12.4 Å². The quantitative estimate of drug-likeness (QED) is 0.568. The summed E-state index contributed by atoms with van der Waals surface area (Å²) in [7, 11) is 1.55. The predicted octanol–water partition coefficient (Wildman–Crippen LogP) is 4.60. The van der Waals surface area contributed by atoms with Crippen molar-refractivity contribution < 1.29 is 14.4 Å². The van der Waals surface area contributed by atoms with Gasteiger partial charge in [-0.3, -0.25) is 10.1 Å². The summed E-state index contributed by atoms with van der Waals surface area (Å²) >= 11 is 9.21. The minimum Gasteiger partial charge on any atom is -0.496 e. The van der Waals surface area contributed by atoms with Crippen molar-refractivity contribution in [1.82, 2.24) is 0 Å². The first-order chi connectivity index (χ1) is 10.0. The van der Waals surface area contributed by atoms with Crippen molar-refractivity contribution in [2.45, 2.75) is 6.61 Å². The Labute approximate surface area is 134 Å². The van der Waals surface area contributed by atoms with E-state index in [0.717, 1.165) is 10.0 Å². The smallest absolute Gasteiger partial charge is 0.311 e. The van der Waals surface area contributed by atoms with Crippen LogP contribution in [0.25, 0.3) is 0 Å². The molecule has 2 aromatic rings. The highest BCUT2D eigenvalue weighted by molar-refractivity contribution is 9.10. The van der Waals surface area contributed by atoms with Gasteiger partial charge in [0.25, 0.3) is 0 Å². The van der Waals surface area contributed by atoms with Gasteiger partial charge in [-0.05, 0) is 24.3 Å². The average Bonchev–Trinajstić information content (AvgIpc) is 2.45. The van der Waals surface area contributed by atoms with Crippen molar-refractivity contribution in [3.05, 3.63) is 61.6 Å². The lowest BCUT2D eigenvalue weighted by atomic mass is 10.2. The second kappa shape index (κ2) is 6.78. The van der Waals surface area contributed by atoms with Crippen LogP contribution in [-0.2, 0) is 6.61 Å². The third-order valence-corrected chi connectivity index (χ3v) is 3.47. The van der Waals surface area contributed by atoms with E-state index in [2.05, 4.69) is 15.9 Å². The van der Waals surface area contributed by atoms with Crippen LogP contribution in [0.1, 0.15) is 5.56 Å². The number of methoxy groups -OCH3 is 1. The summed E-state index contributed by atoms with van der Waals surface area (Å²) in [5.74, 6) is 0.761. The Balaban J connectivity index is 2.26. The van der Waals surface area contributed by atoms with Gasteiger partial charge in [-0.15, -0.1) is 0 Å². The lowest BCUT2D eigenvalue weighted by Gasteiger charge is -2.11. The van der Waals surface area contributed by atoms with Crippen molar-refractivity contribution in [2.75, 3.05) is 7.11 Å². The fourth-order valence-corrected chi connectivity index (χ4v) is 2.34. The normalized spacial score (nSPS) is 10.2. The van der Waals surface area contributed by atoms with Crippen LogP contribution in [0.2, 0.25) is 5.02 Å². The van der Waals surface area contributed by atoms with Crippen molar-refractivity contribution in [3.8, 4) is 11.5 Å². The summed E-state index contributed by atoms with van der Waals surface area (Å²) in [6, 6.07) is 9.64. The SMILES string of the molecule is COc1ccc(Br)cc1COc1cc(Cl)ccc1[N+](=O)[O-]. The first kappa shape index (κ1) is 15.6. The van der Waals surface area contributed by atoms with Gasteiger partial charge in [0.15, 0.2) is 5.75 Å². The van der Waals surface area contributed by atoms with Gasteiger partial charge in [0, 0.05) is 27.2 Å². The van der Waals surface area contributed by atoms with Crippen LogP contribution in [0.5, 0.6) is 11.5 Å². The molecule has 0 fully saturated rings. The Hall–Kier alpha value is -1.79. The maximum atomic E-state index is 11.0. The molecular weight excluding hydrogens is 362 g/mol. The molecule has 0 N–H and O–H groups in total. The van der Waals surface area contributed by atoms with Gasteiger partial charge < -0.3 is 9.47 Å². The van der Waals surface area contributed by atoms with Gasteiger partial charge in [-0.25, -0.2) is 0 Å². The summed E-state index contributed by atoms with van der Waals surface area (Å²) in [6.07, 6.45) is 0. The van der Waals surface area contributed by atoms with E-state index in [4.69, 9.17) is 21.1 Å². The molecule has 21 heavy (non-hydrogen) atoms. The lowest BCUT2D eigenvalue weighted by molar-refractivity contribution is -0.385. The summed E-state index contributed by atoms with van der Waals surface area (Å²) in [5, 5.41) is 11.3. The van der Waals surface area contributed by atoms with Gasteiger partial charge in [-0.1, -0.05) is 27.5 Å². The zero-order valence-corrected chi connectivity index (χ0v) is 13.3. The molecule has 7 heteroatoms. The molecule has 0 unspecified atom stereocenters. The monoisotopic (exact) mass is 371 g/mol. The second-order valence-electron chi connectivity index (χ2n) is 4.11. The minimum absolute atomic E-state index is 0.120. The lowest BCUT2D eigenvalue weighted by Crippen LogP contribution is -2.01. The van der Waals surface area contributed by atoms with E-state index in [1.807, 2.05) is 12.1 Å². The van der Waals surface area contributed by atoms with Gasteiger partial charge in [0.2, 0.25) is 0 Å². The minimum atomic E-state index is -0.510. The third kappa shape index (κ3) is 3.86. The fraction of sp³-hybridized carbons (Fsp3) is 0.143. The number of nitro benzene ring substituents is 1. The number of hydrogen-bond donors (Lipinski definition) is 0. The Morgan fingerprint density at radius 1 is 1.24 bits per heavy atom. The summed E-state index contributed by atoms with van der Waals surface area (Å²) in [5.41, 5.74) is 0.634. The van der Waals surface area contributed by atoms with Crippen LogP contribution in [-0.4, -0.2) is 12.0 Å². The van der Waals surface area contributed by atoms with Crippen LogP contribution < -0.4 is 9.47 Å². The molecule has 2 rings (SSSR count). The van der Waals surface area contributed by atoms with E-state index < -0.39 is 4.92 Å². The standard InChI is InChI=1S/C14H11BrClNO4/c1-20-13-5-2-10(15)6-9(13)8-21-14-7-11(16)3-4-12(14)17(18)19/h2-7H,8H2,1H3. The molecule has 0 heterocycles. The molecule has 0 saturated carbocycles. The maximum absolute atomic E-state index is 11.0. The van der Waals surface area contributed by atoms with Crippen LogP contribution >= 0.6 is 27.5 Å². The highest BCUT2D eigenvalue weighted by atomic mass is 79.9. The van der Waals surface area contributed by atoms with Crippen molar-refractivity contribution >= 4 is 33.2 Å². The zero-order chi connectivity index (χ0) is 15.4. The van der Waals surface area contributed by atoms with E-state index in [0.29, 0.717) is 10.8 Å². The molecule has 2 aromatic carbocycles. The maximum Gasteiger partial charge on any atom is 0.311 e. The first-order valence-corrected chi connectivity index (χ1v) is 7.07. The van der Waals surface area contributed by atoms with Crippen LogP contribution in [0.4, 0.5) is 5.69 Å². The van der Waals surface area contributed by atoms with E-state index in [-0.39, 0.29) is 18.0 Å². The Morgan fingerprint density at radius 3 is 2.67 bits per heavy atom. The van der Waals surface area contributed by atoms with Crippen molar-refractivity contribution in [1.29, 1.82) is 0 Å². The van der Waals surface area contributed by atoms with E-state index in [1.54, 1.807) is 13.2 Å². The summed E-state index contributed by atoms with van der Waals surface area (Å²) < 4.78 is 11.6. The largest absolute Gasteiger partial charge is 0.496 e. The van der Waals surface area contributed by atoms with Crippen LogP contribution in [0.3, 0.4) is 0 Å². The zero-order valence-electron chi connectivity index (χ0n) is 11.0. The molecule has 5 nitrogen and oxygen atoms in total. The number of hydrogen-bond acceptors (Lipinski definition) is 4. The first-order valence-electron chi connectivity index (χ1n) is 5.90. The predicted molar refractivity (Wildman–Crippen MR) is 83.1 cm³/mol. The van der Waals surface area contributed by atoms with Crippen molar-refractivity contribution in [2.24, 2.45) is 0 Å². The molecule has 0 bridgehead atoms. The summed E-state index contributed by atoms with van der Waals surface area (Å²) in [4.78, 5) is 10.5. The number of benzene rings is 2. The molecule has 0 aromatic heterocycles. The number of nitrogens with zero attached hydrogens (tertiary/aromatic N) is 1. The molecular formula is C14H11BrClNO4. The van der Waals surface area contributed by atoms with Gasteiger partial charge in [-0.2, -0.15) is 0 Å². The van der Waals surface area contributed by atoms with Gasteiger partial charge >= 0.3 is 5.69 Å². The second-order valence-corrected chi connectivity index (χ2v) is 5.47. The Bertz CT molecular complexity index is 678. The molecule has 0 aliphatic rings. The number of ether oxygens (including phenoxy) is 2. The molecule has 110 valence electrons. The highest BCUT2D eigenvalue weighted by Crippen LogP contribution is 2.32. The number of rotatable bonds is 5. The van der Waals surface area contributed by atoms with E-state index in [9.17, 15) is 10.1 Å². The highest BCUT2D eigenvalue weighted by Gasteiger charge is 2.16. The Kier molecular flexibility index (Phi) is 5.03. The Morgan fingerprint density at radius 2 is 2.00 bits per heavy atom. The topological polar surface area (TPSA) is 61.6 Å². The fourth-order valence-electron chi connectivity index (χ4n) is 1.77. The average molecular weight is 373 g/mol. The summed E-state index contributed by atoms with van der Waals surface area (Å²) in [6.45, 7) is 0.129. The van der Waals surface area contributed by atoms with Crippen molar-refractivity contribution in [3.63, 3.8) is 0 Å². The van der Waals surface area contributed by atoms with E-state index >= 15 is 0 Å². The molecule has 0 saturated heterocycles. The molecule has 0 aliphatic carbocycles.